The van der Waals surface area contributed by atoms with Crippen molar-refractivity contribution in [2.45, 2.75) is 97.6 Å². The standard InChI is InChI=1S/C34H49N3O6S/c1-22-15-14-16-23(2)27(22)28(37(9)30(39)25(19-20-44-10)36-32(41)43-34(6,7)8)29(38)35-26(31(40)42-33(3,4)5)21-24-17-12-11-13-18-24/h11-18,25-26,28H,19-21H2,1-10H3,(H,35,38)(H,36,41). The molecule has 2 aromatic rings. The molecule has 242 valence electrons. The van der Waals surface area contributed by atoms with E-state index in [4.69, 9.17) is 9.47 Å². The van der Waals surface area contributed by atoms with Crippen LogP contribution in [-0.2, 0) is 30.3 Å². The van der Waals surface area contributed by atoms with Crippen molar-refractivity contribution in [1.82, 2.24) is 15.5 Å². The zero-order valence-corrected chi connectivity index (χ0v) is 28.6. The minimum atomic E-state index is -1.10. The summed E-state index contributed by atoms with van der Waals surface area (Å²) >= 11 is 1.54. The second-order valence-corrected chi connectivity index (χ2v) is 13.9. The maximum atomic E-state index is 14.3. The highest BCUT2D eigenvalue weighted by Crippen LogP contribution is 2.28. The summed E-state index contributed by atoms with van der Waals surface area (Å²) in [7, 11) is 1.54. The molecule has 44 heavy (non-hydrogen) atoms. The van der Waals surface area contributed by atoms with E-state index in [0.29, 0.717) is 17.7 Å². The van der Waals surface area contributed by atoms with E-state index in [1.54, 1.807) is 48.6 Å². The normalized spacial score (nSPS) is 13.7. The van der Waals surface area contributed by atoms with Crippen LogP contribution < -0.4 is 10.6 Å². The number of hydrogen-bond acceptors (Lipinski definition) is 7. The molecule has 0 radical (unpaired) electrons. The third kappa shape index (κ3) is 11.5. The number of amides is 3. The first-order valence-electron chi connectivity index (χ1n) is 14.8. The molecule has 0 aliphatic heterocycles. The van der Waals surface area contributed by atoms with Gasteiger partial charge in [0.2, 0.25) is 11.8 Å². The minimum Gasteiger partial charge on any atom is -0.458 e. The second-order valence-electron chi connectivity index (χ2n) is 12.9. The number of esters is 1. The predicted molar refractivity (Wildman–Crippen MR) is 176 cm³/mol. The monoisotopic (exact) mass is 627 g/mol. The minimum absolute atomic E-state index is 0.204. The average molecular weight is 628 g/mol. The van der Waals surface area contributed by atoms with Crippen LogP contribution in [0.5, 0.6) is 0 Å². The molecule has 3 unspecified atom stereocenters. The highest BCUT2D eigenvalue weighted by molar-refractivity contribution is 7.98. The Labute approximate surface area is 266 Å². The van der Waals surface area contributed by atoms with E-state index in [1.807, 2.05) is 68.6 Å². The molecule has 3 amide bonds. The molecule has 9 nitrogen and oxygen atoms in total. The van der Waals surface area contributed by atoms with E-state index >= 15 is 0 Å². The molecule has 0 fully saturated rings. The molecule has 2 aromatic carbocycles. The Morgan fingerprint density at radius 2 is 1.39 bits per heavy atom. The summed E-state index contributed by atoms with van der Waals surface area (Å²) < 4.78 is 11.1. The third-order valence-electron chi connectivity index (χ3n) is 6.69. The van der Waals surface area contributed by atoms with Crippen LogP contribution in [0, 0.1) is 13.8 Å². The summed E-state index contributed by atoms with van der Waals surface area (Å²) in [5.74, 6) is -0.971. The smallest absolute Gasteiger partial charge is 0.408 e. The van der Waals surface area contributed by atoms with Gasteiger partial charge < -0.3 is 25.0 Å². The van der Waals surface area contributed by atoms with Crippen LogP contribution >= 0.6 is 11.8 Å². The largest absolute Gasteiger partial charge is 0.458 e. The van der Waals surface area contributed by atoms with Gasteiger partial charge in [-0.25, -0.2) is 9.59 Å². The van der Waals surface area contributed by atoms with Crippen molar-refractivity contribution in [3.63, 3.8) is 0 Å². The van der Waals surface area contributed by atoms with Gasteiger partial charge in [-0.15, -0.1) is 0 Å². The number of thioether (sulfide) groups is 1. The van der Waals surface area contributed by atoms with Crippen molar-refractivity contribution in [3.05, 3.63) is 70.8 Å². The number of alkyl carbamates (subject to hydrolysis) is 1. The van der Waals surface area contributed by atoms with Crippen LogP contribution in [0.4, 0.5) is 4.79 Å². The Hall–Kier alpha value is -3.53. The Balaban J connectivity index is 2.52. The van der Waals surface area contributed by atoms with E-state index in [1.165, 1.54) is 16.7 Å². The number of carbonyl (C=O) groups excluding carboxylic acids is 4. The molecule has 3 atom stereocenters. The fourth-order valence-electron chi connectivity index (χ4n) is 4.74. The molecule has 0 saturated heterocycles. The van der Waals surface area contributed by atoms with Crippen LogP contribution in [-0.4, -0.2) is 71.1 Å². The van der Waals surface area contributed by atoms with Crippen LogP contribution in [0.25, 0.3) is 0 Å². The molecule has 0 aromatic heterocycles. The SMILES string of the molecule is CSCCC(NC(=O)OC(C)(C)C)C(=O)N(C)C(C(=O)NC(Cc1ccccc1)C(=O)OC(C)(C)C)c1c(C)cccc1C. The van der Waals surface area contributed by atoms with Crippen LogP contribution in [0.15, 0.2) is 48.5 Å². The maximum Gasteiger partial charge on any atom is 0.408 e. The van der Waals surface area contributed by atoms with E-state index < -0.39 is 53.2 Å². The molecule has 10 heteroatoms. The first-order chi connectivity index (χ1) is 20.4. The lowest BCUT2D eigenvalue weighted by atomic mass is 9.93. The summed E-state index contributed by atoms with van der Waals surface area (Å²) in [6.07, 6.45) is 1.73. The summed E-state index contributed by atoms with van der Waals surface area (Å²) in [6, 6.07) is 11.9. The van der Waals surface area contributed by atoms with Crippen molar-refractivity contribution in [2.75, 3.05) is 19.1 Å². The van der Waals surface area contributed by atoms with Gasteiger partial charge in [0.05, 0.1) is 0 Å². The van der Waals surface area contributed by atoms with Gasteiger partial charge >= 0.3 is 12.1 Å². The fourth-order valence-corrected chi connectivity index (χ4v) is 5.21. The van der Waals surface area contributed by atoms with Crippen LogP contribution in [0.3, 0.4) is 0 Å². The molecule has 2 N–H and O–H groups in total. The zero-order valence-electron chi connectivity index (χ0n) is 27.8. The number of benzene rings is 2. The van der Waals surface area contributed by atoms with Crippen LogP contribution in [0.1, 0.15) is 76.3 Å². The topological polar surface area (TPSA) is 114 Å². The van der Waals surface area contributed by atoms with E-state index in [0.717, 1.165) is 16.7 Å². The molecule has 0 aliphatic carbocycles. The summed E-state index contributed by atoms with van der Waals surface area (Å²) in [5, 5.41) is 5.62. The van der Waals surface area contributed by atoms with E-state index in [-0.39, 0.29) is 6.42 Å². The van der Waals surface area contributed by atoms with Crippen LogP contribution in [0.2, 0.25) is 0 Å². The van der Waals surface area contributed by atoms with Crippen molar-refractivity contribution in [2.24, 2.45) is 0 Å². The molecule has 0 spiro atoms. The first-order valence-corrected chi connectivity index (χ1v) is 16.2. The molecule has 0 aliphatic rings. The number of carbonyl (C=O) groups is 4. The number of nitrogens with zero attached hydrogens (tertiary/aromatic N) is 1. The van der Waals surface area contributed by atoms with E-state index in [9.17, 15) is 19.2 Å². The predicted octanol–water partition coefficient (Wildman–Crippen LogP) is 5.52. The molecule has 0 saturated carbocycles. The zero-order chi connectivity index (χ0) is 33.2. The summed E-state index contributed by atoms with van der Waals surface area (Å²) in [4.78, 5) is 55.8. The van der Waals surface area contributed by atoms with Gasteiger partial charge in [-0.1, -0.05) is 48.5 Å². The molecule has 0 heterocycles. The Morgan fingerprint density at radius 1 is 0.818 bits per heavy atom. The summed E-state index contributed by atoms with van der Waals surface area (Å²) in [5.41, 5.74) is 1.58. The fraction of sp³-hybridized carbons (Fsp3) is 0.529. The lowest BCUT2D eigenvalue weighted by Gasteiger charge is -2.34. The van der Waals surface area contributed by atoms with Crippen molar-refractivity contribution in [3.8, 4) is 0 Å². The second kappa shape index (κ2) is 16.0. The van der Waals surface area contributed by atoms with E-state index in [2.05, 4.69) is 10.6 Å². The van der Waals surface area contributed by atoms with Gasteiger partial charge in [-0.3, -0.25) is 9.59 Å². The third-order valence-corrected chi connectivity index (χ3v) is 7.33. The Morgan fingerprint density at radius 3 is 1.91 bits per heavy atom. The average Bonchev–Trinajstić information content (AvgIpc) is 2.90. The molecular weight excluding hydrogens is 578 g/mol. The lowest BCUT2D eigenvalue weighted by Crippen LogP contribution is -2.54. The number of likely N-dealkylation sites (N-methyl/N-ethyl adjacent to an activating group) is 1. The molecule has 0 bridgehead atoms. The van der Waals surface area contributed by atoms with Crippen molar-refractivity contribution in [1.29, 1.82) is 0 Å². The lowest BCUT2D eigenvalue weighted by molar-refractivity contribution is -0.159. The first kappa shape index (κ1) is 36.7. The number of aryl methyl sites for hydroxylation is 2. The number of hydrogen-bond donors (Lipinski definition) is 2. The molecular formula is C34H49N3O6S. The number of nitrogens with one attached hydrogen (secondary N) is 2. The quantitative estimate of drug-likeness (QED) is 0.298. The highest BCUT2D eigenvalue weighted by atomic mass is 32.2. The van der Waals surface area contributed by atoms with Gasteiger partial charge in [0.1, 0.15) is 29.3 Å². The van der Waals surface area contributed by atoms with Gasteiger partial charge in [0.25, 0.3) is 0 Å². The Kier molecular flexibility index (Phi) is 13.3. The summed E-state index contributed by atoms with van der Waals surface area (Å²) in [6.45, 7) is 14.3. The number of rotatable bonds is 12. The maximum absolute atomic E-state index is 14.3. The Bertz CT molecular complexity index is 1270. The van der Waals surface area contributed by atoms with Crippen molar-refractivity contribution < 1.29 is 28.7 Å². The van der Waals surface area contributed by atoms with Gasteiger partial charge in [0.15, 0.2) is 0 Å². The van der Waals surface area contributed by atoms with Gasteiger partial charge in [-0.2, -0.15) is 11.8 Å². The number of ether oxygens (including phenoxy) is 2. The van der Waals surface area contributed by atoms with Crippen molar-refractivity contribution >= 4 is 35.6 Å². The van der Waals surface area contributed by atoms with Gasteiger partial charge in [-0.05, 0) is 96.1 Å². The van der Waals surface area contributed by atoms with Gasteiger partial charge in [0, 0.05) is 13.5 Å². The highest BCUT2D eigenvalue weighted by Gasteiger charge is 2.37. The molecule has 2 rings (SSSR count).